The summed E-state index contributed by atoms with van der Waals surface area (Å²) in [5.74, 6) is 0. The third kappa shape index (κ3) is 6.29. The van der Waals surface area contributed by atoms with Crippen LogP contribution in [0, 0.1) is 46.7 Å². The molecular weight excluding hydrogens is 368 g/mol. The quantitative estimate of drug-likeness (QED) is 0.413. The molecule has 2 heterocycles. The minimum atomic E-state index is 0. The molecule has 0 N–H and O–H groups in total. The summed E-state index contributed by atoms with van der Waals surface area (Å²) in [6.07, 6.45) is 0. The van der Waals surface area contributed by atoms with E-state index in [1.807, 2.05) is 17.5 Å². The van der Waals surface area contributed by atoms with Crippen LogP contribution in [-0.4, -0.2) is 23.9 Å². The van der Waals surface area contributed by atoms with Gasteiger partial charge < -0.3 is 21.1 Å². The van der Waals surface area contributed by atoms with Gasteiger partial charge >= 0.3 is 17.1 Å². The predicted molar refractivity (Wildman–Crippen MR) is 107 cm³/mol. The number of allylic oxidation sites excluding steroid dienone is 2. The third-order valence-electron chi connectivity index (χ3n) is 5.12. The zero-order chi connectivity index (χ0) is 18.4. The molecule has 1 aromatic heterocycles. The summed E-state index contributed by atoms with van der Waals surface area (Å²) in [5, 5.41) is 4.89. The third-order valence-corrected chi connectivity index (χ3v) is 5.68. The summed E-state index contributed by atoms with van der Waals surface area (Å²) in [4.78, 5) is 4.24. The van der Waals surface area contributed by atoms with E-state index in [0.29, 0.717) is 0 Å². The molecule has 0 amide bonds. The molecule has 2 aromatic rings. The molecule has 0 saturated carbocycles. The van der Waals surface area contributed by atoms with Crippen LogP contribution in [0.25, 0.3) is 0 Å². The van der Waals surface area contributed by atoms with Crippen molar-refractivity contribution in [2.24, 2.45) is 0 Å². The second kappa shape index (κ2) is 10.8. The Bertz CT molecular complexity index is 555. The van der Waals surface area contributed by atoms with Gasteiger partial charge in [0.25, 0.3) is 0 Å². The number of nitrogens with zero attached hydrogens (tertiary/aromatic N) is 2. The first-order chi connectivity index (χ1) is 11.2. The Morgan fingerprint density at radius 2 is 1.36 bits per heavy atom. The van der Waals surface area contributed by atoms with E-state index >= 15 is 0 Å². The zero-order valence-corrected chi connectivity index (χ0v) is 18.9. The van der Waals surface area contributed by atoms with Crippen molar-refractivity contribution in [1.29, 1.82) is 0 Å². The van der Waals surface area contributed by atoms with Gasteiger partial charge in [-0.15, -0.1) is 5.38 Å². The molecule has 0 bridgehead atoms. The Morgan fingerprint density at radius 1 is 0.920 bits per heavy atom. The SMILES string of the molecule is CC1=C(C)N(C)[CH-]N1C.Cc1c(C)c(C)[c-](C)c1C.[Fe+3].[c-]1cccs1. The second-order valence-electron chi connectivity index (χ2n) is 6.36. The molecule has 0 spiro atoms. The number of hydrogen-bond acceptors (Lipinski definition) is 3. The monoisotopic (exact) mass is 399 g/mol. The first kappa shape index (κ1) is 23.9. The molecular formula is C21H31FeN2S. The van der Waals surface area contributed by atoms with Crippen LogP contribution in [0.5, 0.6) is 0 Å². The van der Waals surface area contributed by atoms with Crippen molar-refractivity contribution < 1.29 is 17.1 Å². The average molecular weight is 399 g/mol. The second-order valence-corrected chi connectivity index (χ2v) is 7.11. The van der Waals surface area contributed by atoms with Crippen LogP contribution in [0.3, 0.4) is 0 Å². The summed E-state index contributed by atoms with van der Waals surface area (Å²) in [6.45, 7) is 17.3. The maximum absolute atomic E-state index is 2.90. The summed E-state index contributed by atoms with van der Waals surface area (Å²) >= 11 is 1.59. The van der Waals surface area contributed by atoms with E-state index in [1.54, 1.807) is 11.3 Å². The predicted octanol–water partition coefficient (Wildman–Crippen LogP) is 5.73. The fraction of sp³-hybridized carbons (Fsp3) is 0.429. The Kier molecular flexibility index (Phi) is 10.3. The van der Waals surface area contributed by atoms with Crippen LogP contribution in [0.4, 0.5) is 0 Å². The van der Waals surface area contributed by atoms with E-state index in [0.717, 1.165) is 0 Å². The molecule has 0 aliphatic carbocycles. The maximum Gasteiger partial charge on any atom is 3.00 e. The van der Waals surface area contributed by atoms with E-state index in [2.05, 4.69) is 84.4 Å². The molecule has 139 valence electrons. The minimum Gasteiger partial charge on any atom is -0.508 e. The van der Waals surface area contributed by atoms with E-state index in [-0.39, 0.29) is 17.1 Å². The van der Waals surface area contributed by atoms with Crippen LogP contribution in [0.15, 0.2) is 28.9 Å². The van der Waals surface area contributed by atoms with E-state index < -0.39 is 0 Å². The van der Waals surface area contributed by atoms with Crippen molar-refractivity contribution in [2.75, 3.05) is 14.1 Å². The van der Waals surface area contributed by atoms with Crippen LogP contribution in [0.1, 0.15) is 41.7 Å². The molecule has 1 radical (unpaired) electrons. The van der Waals surface area contributed by atoms with Crippen LogP contribution < -0.4 is 0 Å². The summed E-state index contributed by atoms with van der Waals surface area (Å²) in [6, 6.07) is 3.86. The fourth-order valence-electron chi connectivity index (χ4n) is 2.55. The molecule has 2 nitrogen and oxygen atoms in total. The summed E-state index contributed by atoms with van der Waals surface area (Å²) in [5.41, 5.74) is 10.0. The molecule has 1 aliphatic rings. The van der Waals surface area contributed by atoms with Gasteiger partial charge in [-0.2, -0.15) is 45.9 Å². The topological polar surface area (TPSA) is 6.48 Å². The van der Waals surface area contributed by atoms with Crippen LogP contribution in [0.2, 0.25) is 0 Å². The van der Waals surface area contributed by atoms with Crippen molar-refractivity contribution in [3.8, 4) is 0 Å². The molecule has 0 atom stereocenters. The van der Waals surface area contributed by atoms with Gasteiger partial charge in [-0.1, -0.05) is 34.6 Å². The molecule has 0 fully saturated rings. The Morgan fingerprint density at radius 3 is 1.48 bits per heavy atom. The molecule has 1 aromatic carbocycles. The molecule has 1 aliphatic heterocycles. The molecule has 3 rings (SSSR count). The van der Waals surface area contributed by atoms with Crippen molar-refractivity contribution >= 4 is 11.3 Å². The fourth-order valence-corrected chi connectivity index (χ4v) is 2.94. The van der Waals surface area contributed by atoms with Crippen molar-refractivity contribution in [1.82, 2.24) is 9.80 Å². The summed E-state index contributed by atoms with van der Waals surface area (Å²) in [7, 11) is 4.12. The van der Waals surface area contributed by atoms with Gasteiger partial charge in [0, 0.05) is 0 Å². The van der Waals surface area contributed by atoms with E-state index in [1.165, 1.54) is 39.2 Å². The van der Waals surface area contributed by atoms with E-state index in [4.69, 9.17) is 0 Å². The largest absolute Gasteiger partial charge is 3.00 e. The van der Waals surface area contributed by atoms with Crippen molar-refractivity contribution in [3.63, 3.8) is 0 Å². The number of hydrogen-bond donors (Lipinski definition) is 0. The first-order valence-corrected chi connectivity index (χ1v) is 9.13. The average Bonchev–Trinajstić information content (AvgIpc) is 3.25. The number of rotatable bonds is 0. The van der Waals surface area contributed by atoms with Crippen LogP contribution in [-0.2, 0) is 17.1 Å². The molecule has 4 heteroatoms. The maximum atomic E-state index is 2.90. The Balaban J connectivity index is 0.000000355. The van der Waals surface area contributed by atoms with E-state index in [9.17, 15) is 0 Å². The first-order valence-electron chi connectivity index (χ1n) is 8.25. The van der Waals surface area contributed by atoms with Gasteiger partial charge in [0.2, 0.25) is 0 Å². The molecule has 25 heavy (non-hydrogen) atoms. The zero-order valence-electron chi connectivity index (χ0n) is 17.0. The molecule has 0 saturated heterocycles. The van der Waals surface area contributed by atoms with Crippen LogP contribution >= 0.6 is 11.3 Å². The normalized spacial score (nSPS) is 13.0. The van der Waals surface area contributed by atoms with Gasteiger partial charge in [0.1, 0.15) is 0 Å². The molecule has 0 unspecified atom stereocenters. The van der Waals surface area contributed by atoms with Gasteiger partial charge in [-0.25, -0.2) is 6.07 Å². The Labute approximate surface area is 169 Å². The van der Waals surface area contributed by atoms with Gasteiger partial charge in [0.15, 0.2) is 0 Å². The van der Waals surface area contributed by atoms with Crippen molar-refractivity contribution in [2.45, 2.75) is 48.5 Å². The standard InChI is InChI=1S/C10H15.C7H13N2.C4H3S.Fe/c1-6-7(2)9(4)10(5)8(6)3;1-6-7(2)9(4)5-8(6)3;1-2-4-5-3-1;/h1-5H3;5H,1-4H3;1-3H;/q3*-1;+3. The number of thiophene rings is 1. The smallest absolute Gasteiger partial charge is 0.508 e. The Hall–Kier alpha value is -1.09. The van der Waals surface area contributed by atoms with Gasteiger partial charge in [-0.05, 0) is 39.3 Å². The minimum absolute atomic E-state index is 0. The summed E-state index contributed by atoms with van der Waals surface area (Å²) < 4.78 is 0. The van der Waals surface area contributed by atoms with Gasteiger partial charge in [-0.3, -0.25) is 0 Å². The van der Waals surface area contributed by atoms with Gasteiger partial charge in [0.05, 0.1) is 0 Å². The van der Waals surface area contributed by atoms with Crippen molar-refractivity contribution in [3.05, 3.63) is 68.8 Å².